The van der Waals surface area contributed by atoms with Crippen molar-refractivity contribution in [3.63, 3.8) is 0 Å². The van der Waals surface area contributed by atoms with Crippen LogP contribution in [0, 0.1) is 6.92 Å². The van der Waals surface area contributed by atoms with E-state index in [0.717, 1.165) is 30.1 Å². The van der Waals surface area contributed by atoms with Crippen molar-refractivity contribution in [2.24, 2.45) is 0 Å². The fraction of sp³-hybridized carbons (Fsp3) is 0.462. The zero-order valence-corrected chi connectivity index (χ0v) is 11.6. The van der Waals surface area contributed by atoms with Crippen LogP contribution in [-0.2, 0) is 4.79 Å². The first kappa shape index (κ1) is 12.9. The van der Waals surface area contributed by atoms with Crippen LogP contribution in [0.4, 0.5) is 5.82 Å². The van der Waals surface area contributed by atoms with E-state index in [2.05, 4.69) is 25.6 Å². The van der Waals surface area contributed by atoms with Crippen LogP contribution in [0.15, 0.2) is 18.5 Å². The van der Waals surface area contributed by atoms with Crippen LogP contribution < -0.4 is 15.5 Å². The summed E-state index contributed by atoms with van der Waals surface area (Å²) in [6.07, 6.45) is 1.54. The van der Waals surface area contributed by atoms with Crippen LogP contribution >= 0.6 is 0 Å². The molecule has 1 aliphatic heterocycles. The summed E-state index contributed by atoms with van der Waals surface area (Å²) in [6.45, 7) is 4.26. The number of nitrogens with zero attached hydrogens (tertiary/aromatic N) is 4. The lowest BCUT2D eigenvalue weighted by molar-refractivity contribution is -0.122. The van der Waals surface area contributed by atoms with Gasteiger partial charge in [0, 0.05) is 26.7 Å². The molecule has 0 aliphatic carbocycles. The molecule has 2 N–H and O–H groups in total. The van der Waals surface area contributed by atoms with Crippen molar-refractivity contribution >= 4 is 17.4 Å². The molecule has 7 heteroatoms. The van der Waals surface area contributed by atoms with E-state index in [1.165, 1.54) is 6.33 Å². The molecule has 0 radical (unpaired) electrons. The van der Waals surface area contributed by atoms with E-state index in [-0.39, 0.29) is 11.9 Å². The largest absolute Gasteiger partial charge is 0.357 e. The molecule has 1 atom stereocenters. The average molecular weight is 274 g/mol. The number of rotatable bonds is 2. The maximum absolute atomic E-state index is 12.1. The number of piperazine rings is 1. The second-order valence-corrected chi connectivity index (χ2v) is 4.95. The Morgan fingerprint density at radius 3 is 3.15 bits per heavy atom. The summed E-state index contributed by atoms with van der Waals surface area (Å²) in [4.78, 5) is 18.4. The number of hydrogen-bond acceptors (Lipinski definition) is 5. The van der Waals surface area contributed by atoms with E-state index in [0.29, 0.717) is 6.54 Å². The Morgan fingerprint density at radius 2 is 2.35 bits per heavy atom. The summed E-state index contributed by atoms with van der Waals surface area (Å²) in [5.41, 5.74) is 1.91. The van der Waals surface area contributed by atoms with Gasteiger partial charge in [-0.05, 0) is 24.6 Å². The Morgan fingerprint density at radius 1 is 1.50 bits per heavy atom. The Labute approximate surface area is 117 Å². The third kappa shape index (κ3) is 2.09. The lowest BCUT2D eigenvalue weighted by Gasteiger charge is -2.36. The predicted octanol–water partition coefficient (Wildman–Crippen LogP) is -0.438. The second kappa shape index (κ2) is 5.09. The van der Waals surface area contributed by atoms with Gasteiger partial charge in [-0.1, -0.05) is 0 Å². The summed E-state index contributed by atoms with van der Waals surface area (Å²) in [7, 11) is 1.66. The number of anilines is 1. The summed E-state index contributed by atoms with van der Waals surface area (Å²) >= 11 is 0. The fourth-order valence-electron chi connectivity index (χ4n) is 2.62. The molecule has 3 rings (SSSR count). The normalized spacial score (nSPS) is 19.3. The summed E-state index contributed by atoms with van der Waals surface area (Å²) in [5.74, 6) is 0.916. The average Bonchev–Trinajstić information content (AvgIpc) is 2.93. The Bertz CT molecular complexity index is 637. The number of pyridine rings is 1. The van der Waals surface area contributed by atoms with Gasteiger partial charge in [0.25, 0.3) is 0 Å². The van der Waals surface area contributed by atoms with Gasteiger partial charge in [0.05, 0.1) is 0 Å². The number of aromatic nitrogens is 3. The molecule has 1 unspecified atom stereocenters. The summed E-state index contributed by atoms with van der Waals surface area (Å²) in [5, 5.41) is 10.2. The SMILES string of the molecule is CNC(=O)C1CNCCN1c1cc(C)cc2ncnn12. The first-order chi connectivity index (χ1) is 9.70. The molecule has 3 heterocycles. The van der Waals surface area contributed by atoms with Gasteiger partial charge in [-0.15, -0.1) is 0 Å². The fourth-order valence-corrected chi connectivity index (χ4v) is 2.62. The predicted molar refractivity (Wildman–Crippen MR) is 75.8 cm³/mol. The molecule has 1 amide bonds. The molecule has 106 valence electrons. The van der Waals surface area contributed by atoms with E-state index < -0.39 is 0 Å². The van der Waals surface area contributed by atoms with Crippen LogP contribution in [0.1, 0.15) is 5.56 Å². The molecule has 20 heavy (non-hydrogen) atoms. The molecular formula is C13H18N6O. The van der Waals surface area contributed by atoms with Crippen molar-refractivity contribution in [1.29, 1.82) is 0 Å². The number of aryl methyl sites for hydroxylation is 1. The molecule has 7 nitrogen and oxygen atoms in total. The molecule has 2 aromatic heterocycles. The number of nitrogens with one attached hydrogen (secondary N) is 2. The van der Waals surface area contributed by atoms with Crippen LogP contribution in [0.3, 0.4) is 0 Å². The number of amides is 1. The highest BCUT2D eigenvalue weighted by molar-refractivity contribution is 5.85. The van der Waals surface area contributed by atoms with E-state index in [4.69, 9.17) is 0 Å². The topological polar surface area (TPSA) is 74.6 Å². The van der Waals surface area contributed by atoms with Gasteiger partial charge >= 0.3 is 0 Å². The molecule has 0 aromatic carbocycles. The van der Waals surface area contributed by atoms with Gasteiger partial charge in [-0.25, -0.2) is 4.98 Å². The van der Waals surface area contributed by atoms with E-state index >= 15 is 0 Å². The van der Waals surface area contributed by atoms with Gasteiger partial charge in [-0.2, -0.15) is 9.61 Å². The van der Waals surface area contributed by atoms with Crippen molar-refractivity contribution < 1.29 is 4.79 Å². The number of carbonyl (C=O) groups excluding carboxylic acids is 1. The van der Waals surface area contributed by atoms with E-state index in [9.17, 15) is 4.79 Å². The highest BCUT2D eigenvalue weighted by Crippen LogP contribution is 2.21. The third-order valence-electron chi connectivity index (χ3n) is 3.59. The number of hydrogen-bond donors (Lipinski definition) is 2. The maximum Gasteiger partial charge on any atom is 0.243 e. The van der Waals surface area contributed by atoms with Crippen LogP contribution in [0.5, 0.6) is 0 Å². The van der Waals surface area contributed by atoms with Gasteiger partial charge in [0.15, 0.2) is 5.65 Å². The minimum absolute atomic E-state index is 0.00646. The standard InChI is InChI=1S/C13H18N6O/c1-9-5-11-16-8-17-19(11)12(6-9)18-4-3-15-7-10(18)13(20)14-2/h5-6,8,10,15H,3-4,7H2,1-2H3,(H,14,20). The van der Waals surface area contributed by atoms with Gasteiger partial charge in [0.1, 0.15) is 18.2 Å². The molecule has 1 fully saturated rings. The van der Waals surface area contributed by atoms with Gasteiger partial charge in [0.2, 0.25) is 5.91 Å². The highest BCUT2D eigenvalue weighted by atomic mass is 16.2. The smallest absolute Gasteiger partial charge is 0.243 e. The van der Waals surface area contributed by atoms with Crippen LogP contribution in [0.25, 0.3) is 5.65 Å². The zero-order valence-electron chi connectivity index (χ0n) is 11.6. The minimum atomic E-state index is -0.233. The molecule has 1 saturated heterocycles. The Balaban J connectivity index is 2.07. The maximum atomic E-state index is 12.1. The van der Waals surface area contributed by atoms with Crippen molar-refractivity contribution in [1.82, 2.24) is 25.2 Å². The van der Waals surface area contributed by atoms with Crippen molar-refractivity contribution in [3.8, 4) is 0 Å². The van der Waals surface area contributed by atoms with Crippen LogP contribution in [0.2, 0.25) is 0 Å². The summed E-state index contributed by atoms with van der Waals surface area (Å²) < 4.78 is 1.79. The lowest BCUT2D eigenvalue weighted by atomic mass is 10.1. The Hall–Kier alpha value is -2.15. The van der Waals surface area contributed by atoms with Crippen LogP contribution in [-0.4, -0.2) is 53.2 Å². The number of carbonyl (C=O) groups is 1. The molecule has 2 aromatic rings. The first-order valence-corrected chi connectivity index (χ1v) is 6.70. The minimum Gasteiger partial charge on any atom is -0.357 e. The van der Waals surface area contributed by atoms with E-state index in [1.54, 1.807) is 11.6 Å². The number of fused-ring (bicyclic) bond motifs is 1. The third-order valence-corrected chi connectivity index (χ3v) is 3.59. The molecule has 0 saturated carbocycles. The van der Waals surface area contributed by atoms with E-state index in [1.807, 2.05) is 19.1 Å². The van der Waals surface area contributed by atoms with Gasteiger partial charge in [-0.3, -0.25) is 4.79 Å². The Kier molecular flexibility index (Phi) is 3.27. The number of likely N-dealkylation sites (N-methyl/N-ethyl adjacent to an activating group) is 1. The molecule has 1 aliphatic rings. The second-order valence-electron chi connectivity index (χ2n) is 4.95. The van der Waals surface area contributed by atoms with Crippen molar-refractivity contribution in [2.45, 2.75) is 13.0 Å². The first-order valence-electron chi connectivity index (χ1n) is 6.70. The van der Waals surface area contributed by atoms with Crippen molar-refractivity contribution in [2.75, 3.05) is 31.6 Å². The highest BCUT2D eigenvalue weighted by Gasteiger charge is 2.29. The molecule has 0 spiro atoms. The molecule has 0 bridgehead atoms. The lowest BCUT2D eigenvalue weighted by Crippen LogP contribution is -2.58. The van der Waals surface area contributed by atoms with Crippen molar-refractivity contribution in [3.05, 3.63) is 24.0 Å². The summed E-state index contributed by atoms with van der Waals surface area (Å²) in [6, 6.07) is 3.79. The monoisotopic (exact) mass is 274 g/mol. The molecular weight excluding hydrogens is 256 g/mol. The van der Waals surface area contributed by atoms with Gasteiger partial charge < -0.3 is 15.5 Å². The quantitative estimate of drug-likeness (QED) is 0.777. The zero-order chi connectivity index (χ0) is 14.1.